The highest BCUT2D eigenvalue weighted by atomic mass is 16.5. The molecule has 0 radical (unpaired) electrons. The van der Waals surface area contributed by atoms with Crippen molar-refractivity contribution in [2.75, 3.05) is 29.9 Å². The summed E-state index contributed by atoms with van der Waals surface area (Å²) in [5.74, 6) is 2.59. The van der Waals surface area contributed by atoms with Gasteiger partial charge in [0.2, 0.25) is 5.95 Å². The molecule has 1 atom stereocenters. The van der Waals surface area contributed by atoms with Crippen molar-refractivity contribution in [2.45, 2.75) is 70.3 Å². The van der Waals surface area contributed by atoms with E-state index < -0.39 is 0 Å². The Morgan fingerprint density at radius 2 is 1.83 bits per heavy atom. The van der Waals surface area contributed by atoms with Crippen LogP contribution in [0.2, 0.25) is 0 Å². The van der Waals surface area contributed by atoms with Gasteiger partial charge in [-0.2, -0.15) is 4.98 Å². The van der Waals surface area contributed by atoms with Crippen molar-refractivity contribution < 1.29 is 4.74 Å². The first-order valence-electron chi connectivity index (χ1n) is 11.4. The van der Waals surface area contributed by atoms with E-state index in [1.54, 1.807) is 0 Å². The number of rotatable bonds is 4. The lowest BCUT2D eigenvalue weighted by molar-refractivity contribution is 0.0526. The maximum atomic E-state index is 5.70. The topological polar surface area (TPSA) is 50.3 Å². The van der Waals surface area contributed by atoms with Crippen molar-refractivity contribution >= 4 is 17.5 Å². The summed E-state index contributed by atoms with van der Waals surface area (Å²) < 4.78 is 5.70. The zero-order valence-corrected chi connectivity index (χ0v) is 17.5. The highest BCUT2D eigenvalue weighted by molar-refractivity contribution is 5.63. The Morgan fingerprint density at radius 1 is 1.00 bits per heavy atom. The molecule has 2 fully saturated rings. The fraction of sp³-hybridized carbons (Fsp3) is 0.583. The molecule has 5 heteroatoms. The maximum absolute atomic E-state index is 5.70. The van der Waals surface area contributed by atoms with Crippen LogP contribution in [0, 0.1) is 0 Å². The van der Waals surface area contributed by atoms with Crippen LogP contribution in [0.3, 0.4) is 0 Å². The van der Waals surface area contributed by atoms with Gasteiger partial charge in [-0.1, -0.05) is 31.4 Å². The van der Waals surface area contributed by atoms with Crippen molar-refractivity contribution in [3.8, 4) is 0 Å². The van der Waals surface area contributed by atoms with E-state index in [0.29, 0.717) is 0 Å². The Labute approximate surface area is 173 Å². The molecule has 1 aromatic carbocycles. The van der Waals surface area contributed by atoms with Crippen LogP contribution in [-0.4, -0.2) is 35.8 Å². The number of anilines is 3. The number of nitrogens with zero attached hydrogens (tertiary/aromatic N) is 3. The Kier molecular flexibility index (Phi) is 5.40. The molecule has 29 heavy (non-hydrogen) atoms. The lowest BCUT2D eigenvalue weighted by Crippen LogP contribution is -2.42. The predicted molar refractivity (Wildman–Crippen MR) is 117 cm³/mol. The van der Waals surface area contributed by atoms with E-state index in [0.717, 1.165) is 55.9 Å². The van der Waals surface area contributed by atoms with E-state index in [1.165, 1.54) is 55.3 Å². The number of aromatic nitrogens is 2. The smallest absolute Gasteiger partial charge is 0.227 e. The molecule has 2 aromatic rings. The molecule has 0 amide bonds. The molecule has 154 valence electrons. The standard InChI is InChI=1S/C24H32N4O/c1-17-16-28(14-15-29-17)24-26-22-9-5-8-21(22)23(27-24)25-20-12-10-19(11-13-20)18-6-3-2-4-7-18/h10-13,17-18H,2-9,14-16H2,1H3,(H,25,26,27)/t17-/m1/s1. The summed E-state index contributed by atoms with van der Waals surface area (Å²) in [6, 6.07) is 9.07. The predicted octanol–water partition coefficient (Wildman–Crippen LogP) is 4.98. The molecule has 2 heterocycles. The monoisotopic (exact) mass is 392 g/mol. The molecule has 5 rings (SSSR count). The van der Waals surface area contributed by atoms with Crippen LogP contribution in [0.4, 0.5) is 17.5 Å². The van der Waals surface area contributed by atoms with Gasteiger partial charge in [-0.15, -0.1) is 0 Å². The van der Waals surface area contributed by atoms with Crippen molar-refractivity contribution in [1.29, 1.82) is 0 Å². The molecule has 0 unspecified atom stereocenters. The van der Waals surface area contributed by atoms with Crippen LogP contribution >= 0.6 is 0 Å². The quantitative estimate of drug-likeness (QED) is 0.795. The number of ether oxygens (including phenoxy) is 1. The Bertz CT molecular complexity index is 845. The lowest BCUT2D eigenvalue weighted by Gasteiger charge is -2.31. The average Bonchev–Trinajstić information content (AvgIpc) is 3.24. The summed E-state index contributed by atoms with van der Waals surface area (Å²) in [6.45, 7) is 4.58. The summed E-state index contributed by atoms with van der Waals surface area (Å²) in [5.41, 5.74) is 5.13. The normalized spacial score (nSPS) is 22.5. The SMILES string of the molecule is C[C@@H]1CN(c2nc3c(c(Nc4ccc(C5CCCCC5)cc4)n2)CCC3)CCO1. The maximum Gasteiger partial charge on any atom is 0.227 e. The van der Waals surface area contributed by atoms with E-state index in [4.69, 9.17) is 14.7 Å². The highest BCUT2D eigenvalue weighted by Gasteiger charge is 2.24. The van der Waals surface area contributed by atoms with Crippen LogP contribution in [0.15, 0.2) is 24.3 Å². The Hall–Kier alpha value is -2.14. The van der Waals surface area contributed by atoms with Crippen LogP contribution in [0.25, 0.3) is 0 Å². The molecule has 1 aromatic heterocycles. The van der Waals surface area contributed by atoms with Crippen LogP contribution in [0.5, 0.6) is 0 Å². The molecule has 2 aliphatic carbocycles. The third-order valence-corrected chi connectivity index (χ3v) is 6.70. The van der Waals surface area contributed by atoms with Crippen LogP contribution < -0.4 is 10.2 Å². The molecule has 0 bridgehead atoms. The Morgan fingerprint density at radius 3 is 2.62 bits per heavy atom. The molecule has 1 aliphatic heterocycles. The molecule has 1 N–H and O–H groups in total. The third kappa shape index (κ3) is 4.11. The van der Waals surface area contributed by atoms with Gasteiger partial charge in [0.1, 0.15) is 5.82 Å². The van der Waals surface area contributed by atoms with Gasteiger partial charge in [0, 0.05) is 24.3 Å². The fourth-order valence-corrected chi connectivity index (χ4v) is 5.08. The van der Waals surface area contributed by atoms with Gasteiger partial charge in [0.25, 0.3) is 0 Å². The number of hydrogen-bond donors (Lipinski definition) is 1. The number of hydrogen-bond acceptors (Lipinski definition) is 5. The molecular formula is C24H32N4O. The van der Waals surface area contributed by atoms with Crippen LogP contribution in [0.1, 0.15) is 68.2 Å². The van der Waals surface area contributed by atoms with E-state index in [9.17, 15) is 0 Å². The molecule has 5 nitrogen and oxygen atoms in total. The molecule has 3 aliphatic rings. The van der Waals surface area contributed by atoms with E-state index in [1.807, 2.05) is 0 Å². The van der Waals surface area contributed by atoms with Gasteiger partial charge >= 0.3 is 0 Å². The summed E-state index contributed by atoms with van der Waals surface area (Å²) >= 11 is 0. The van der Waals surface area contributed by atoms with Gasteiger partial charge in [-0.25, -0.2) is 4.98 Å². The number of benzene rings is 1. The number of morpholine rings is 1. The zero-order chi connectivity index (χ0) is 19.6. The van der Waals surface area contributed by atoms with Gasteiger partial charge in [-0.05, 0) is 62.6 Å². The van der Waals surface area contributed by atoms with Crippen LogP contribution in [-0.2, 0) is 17.6 Å². The molecule has 1 saturated carbocycles. The van der Waals surface area contributed by atoms with Crippen molar-refractivity contribution in [1.82, 2.24) is 9.97 Å². The lowest BCUT2D eigenvalue weighted by atomic mass is 9.84. The second-order valence-electron chi connectivity index (χ2n) is 8.86. The summed E-state index contributed by atoms with van der Waals surface area (Å²) in [6.07, 6.45) is 10.4. The van der Waals surface area contributed by atoms with Crippen molar-refractivity contribution in [3.63, 3.8) is 0 Å². The minimum atomic E-state index is 0.226. The van der Waals surface area contributed by atoms with Gasteiger partial charge in [-0.3, -0.25) is 0 Å². The second-order valence-corrected chi connectivity index (χ2v) is 8.86. The minimum absolute atomic E-state index is 0.226. The third-order valence-electron chi connectivity index (χ3n) is 6.70. The summed E-state index contributed by atoms with van der Waals surface area (Å²) in [4.78, 5) is 12.1. The first-order chi connectivity index (χ1) is 14.3. The summed E-state index contributed by atoms with van der Waals surface area (Å²) in [7, 11) is 0. The molecule has 0 spiro atoms. The second kappa shape index (κ2) is 8.31. The number of nitrogens with one attached hydrogen (secondary N) is 1. The van der Waals surface area contributed by atoms with Gasteiger partial charge < -0.3 is 15.0 Å². The number of fused-ring (bicyclic) bond motifs is 1. The molecular weight excluding hydrogens is 360 g/mol. The van der Waals surface area contributed by atoms with Crippen molar-refractivity contribution in [2.24, 2.45) is 0 Å². The first-order valence-corrected chi connectivity index (χ1v) is 11.4. The van der Waals surface area contributed by atoms with Gasteiger partial charge in [0.15, 0.2) is 0 Å². The van der Waals surface area contributed by atoms with Crippen molar-refractivity contribution in [3.05, 3.63) is 41.1 Å². The number of aryl methyl sites for hydroxylation is 1. The Balaban J connectivity index is 1.37. The highest BCUT2D eigenvalue weighted by Crippen LogP contribution is 2.34. The molecule has 1 saturated heterocycles. The van der Waals surface area contributed by atoms with E-state index in [-0.39, 0.29) is 6.10 Å². The van der Waals surface area contributed by atoms with E-state index >= 15 is 0 Å². The first kappa shape index (κ1) is 18.9. The minimum Gasteiger partial charge on any atom is -0.375 e. The average molecular weight is 393 g/mol. The van der Waals surface area contributed by atoms with E-state index in [2.05, 4.69) is 41.4 Å². The fourth-order valence-electron chi connectivity index (χ4n) is 5.08. The largest absolute Gasteiger partial charge is 0.375 e. The zero-order valence-electron chi connectivity index (χ0n) is 17.5. The summed E-state index contributed by atoms with van der Waals surface area (Å²) in [5, 5.41) is 3.62. The van der Waals surface area contributed by atoms with Gasteiger partial charge in [0.05, 0.1) is 18.4 Å².